The fourth-order valence-electron chi connectivity index (χ4n) is 0.688. The van der Waals surface area contributed by atoms with Gasteiger partial charge in [0.2, 0.25) is 0 Å². The molecule has 86 valence electrons. The van der Waals surface area contributed by atoms with Gasteiger partial charge in [-0.25, -0.2) is 0 Å². The maximum atomic E-state index is 10.5. The number of nitro groups is 1. The van der Waals surface area contributed by atoms with E-state index in [-0.39, 0.29) is 5.70 Å². The van der Waals surface area contributed by atoms with Gasteiger partial charge in [-0.05, 0) is 18.6 Å². The maximum Gasteiger partial charge on any atom is 0.278 e. The van der Waals surface area contributed by atoms with Gasteiger partial charge >= 0.3 is 0 Å². The smallest absolute Gasteiger partial charge is 0.258 e. The van der Waals surface area contributed by atoms with E-state index in [1.165, 1.54) is 12.2 Å². The Bertz CT molecular complexity index is 285. The van der Waals surface area contributed by atoms with Crippen LogP contribution in [0, 0.1) is 10.1 Å². The fourth-order valence-corrected chi connectivity index (χ4v) is 1.42. The van der Waals surface area contributed by atoms with Gasteiger partial charge in [0, 0.05) is 4.48 Å². The minimum absolute atomic E-state index is 0.00596. The van der Waals surface area contributed by atoms with Crippen molar-refractivity contribution in [3.8, 4) is 0 Å². The Morgan fingerprint density at radius 1 is 1.60 bits per heavy atom. The zero-order valence-corrected chi connectivity index (χ0v) is 11.6. The first-order chi connectivity index (χ1) is 6.99. The van der Waals surface area contributed by atoms with Gasteiger partial charge in [-0.2, -0.15) is 0 Å². The van der Waals surface area contributed by atoms with Crippen molar-refractivity contribution in [2.45, 2.75) is 27.2 Å². The summed E-state index contributed by atoms with van der Waals surface area (Å²) in [5.74, 6) is 0. The summed E-state index contributed by atoms with van der Waals surface area (Å²) in [5, 5.41) is 10.5. The molecule has 0 rings (SSSR count). The first-order valence-electron chi connectivity index (χ1n) is 4.59. The Morgan fingerprint density at radius 2 is 2.07 bits per heavy atom. The first-order valence-corrected chi connectivity index (χ1v) is 5.83. The molecule has 0 aromatic heterocycles. The second-order valence-electron chi connectivity index (χ2n) is 2.23. The zero-order chi connectivity index (χ0) is 12.4. The molecular weight excluding hydrogens is 278 g/mol. The van der Waals surface area contributed by atoms with Crippen molar-refractivity contribution < 1.29 is 4.92 Å². The van der Waals surface area contributed by atoms with Crippen LogP contribution in [-0.4, -0.2) is 4.92 Å². The molecule has 0 aromatic carbocycles. The van der Waals surface area contributed by atoms with Crippen molar-refractivity contribution in [3.63, 3.8) is 0 Å². The van der Waals surface area contributed by atoms with Crippen molar-refractivity contribution in [2.75, 3.05) is 0 Å². The number of hydrogen-bond donors (Lipinski definition) is 1. The highest BCUT2D eigenvalue weighted by Crippen LogP contribution is 2.19. The van der Waals surface area contributed by atoms with Crippen molar-refractivity contribution >= 4 is 28.6 Å². The average molecular weight is 294 g/mol. The third kappa shape index (κ3) is 8.44. The highest BCUT2D eigenvalue weighted by Gasteiger charge is 2.12. The minimum Gasteiger partial charge on any atom is -0.258 e. The van der Waals surface area contributed by atoms with Crippen molar-refractivity contribution in [1.82, 2.24) is 0 Å². The van der Waals surface area contributed by atoms with E-state index in [1.807, 2.05) is 20.8 Å². The van der Waals surface area contributed by atoms with Crippen LogP contribution in [0.4, 0.5) is 0 Å². The Balaban J connectivity index is 0. The summed E-state index contributed by atoms with van der Waals surface area (Å²) in [6.07, 6.45) is 3.60. The van der Waals surface area contributed by atoms with Gasteiger partial charge in [0.05, 0.1) is 9.83 Å². The Morgan fingerprint density at radius 3 is 2.33 bits per heavy atom. The predicted molar refractivity (Wildman–Crippen MR) is 71.9 cm³/mol. The van der Waals surface area contributed by atoms with Crippen LogP contribution in [0.2, 0.25) is 0 Å². The van der Waals surface area contributed by atoms with Crippen molar-refractivity contribution in [3.05, 3.63) is 43.9 Å². The molecule has 0 saturated heterocycles. The van der Waals surface area contributed by atoms with Crippen LogP contribution in [0.5, 0.6) is 0 Å². The van der Waals surface area contributed by atoms with E-state index in [9.17, 15) is 10.1 Å². The Hall–Kier alpha value is -0.550. The SMILES string of the molecule is C=C(Br)/C=C(S)\C(=C/CC)[N+](=O)[O-].CC. The van der Waals surface area contributed by atoms with Crippen LogP contribution < -0.4 is 0 Å². The standard InChI is InChI=1S/C8H10BrNO2S.C2H6/c1-3-4-7(10(11)12)8(13)5-6(2)9;1-2/h4-5,13H,2-3H2,1H3;1-2H3/b7-4+,8-5+;. The molecule has 15 heavy (non-hydrogen) atoms. The average Bonchev–Trinajstić information content (AvgIpc) is 2.15. The molecule has 5 heteroatoms. The van der Waals surface area contributed by atoms with Gasteiger partial charge in [0.15, 0.2) is 0 Å². The molecular formula is C10H16BrNO2S. The van der Waals surface area contributed by atoms with Gasteiger partial charge in [0.1, 0.15) is 0 Å². The predicted octanol–water partition coefficient (Wildman–Crippen LogP) is 4.31. The summed E-state index contributed by atoms with van der Waals surface area (Å²) in [4.78, 5) is 10.4. The number of halogens is 1. The van der Waals surface area contributed by atoms with Gasteiger partial charge < -0.3 is 0 Å². The topological polar surface area (TPSA) is 43.1 Å². The highest BCUT2D eigenvalue weighted by atomic mass is 79.9. The molecule has 0 heterocycles. The zero-order valence-electron chi connectivity index (χ0n) is 9.16. The largest absolute Gasteiger partial charge is 0.278 e. The van der Waals surface area contributed by atoms with Crippen molar-refractivity contribution in [2.24, 2.45) is 0 Å². The quantitative estimate of drug-likeness (QED) is 0.363. The van der Waals surface area contributed by atoms with Gasteiger partial charge in [-0.1, -0.05) is 43.3 Å². The van der Waals surface area contributed by atoms with Crippen LogP contribution >= 0.6 is 28.6 Å². The summed E-state index contributed by atoms with van der Waals surface area (Å²) < 4.78 is 0.557. The number of thiol groups is 1. The van der Waals surface area contributed by atoms with E-state index in [0.717, 1.165) is 0 Å². The van der Waals surface area contributed by atoms with E-state index in [0.29, 0.717) is 15.8 Å². The van der Waals surface area contributed by atoms with Gasteiger partial charge in [-0.3, -0.25) is 10.1 Å². The van der Waals surface area contributed by atoms with Crippen LogP contribution in [0.25, 0.3) is 0 Å². The molecule has 0 unspecified atom stereocenters. The lowest BCUT2D eigenvalue weighted by Crippen LogP contribution is -1.98. The normalized spacial score (nSPS) is 11.5. The lowest BCUT2D eigenvalue weighted by Gasteiger charge is -1.96. The molecule has 0 amide bonds. The minimum atomic E-state index is -0.460. The third-order valence-corrected chi connectivity index (χ3v) is 1.74. The fraction of sp³-hybridized carbons (Fsp3) is 0.400. The molecule has 0 bridgehead atoms. The molecule has 0 aliphatic heterocycles. The molecule has 0 radical (unpaired) electrons. The molecule has 0 aliphatic rings. The summed E-state index contributed by atoms with van der Waals surface area (Å²) in [6.45, 7) is 9.37. The highest BCUT2D eigenvalue weighted by molar-refractivity contribution is 9.11. The van der Waals surface area contributed by atoms with Gasteiger partial charge in [0.25, 0.3) is 5.70 Å². The third-order valence-electron chi connectivity index (χ3n) is 1.15. The maximum absolute atomic E-state index is 10.5. The second-order valence-corrected chi connectivity index (χ2v) is 3.73. The van der Waals surface area contributed by atoms with E-state index >= 15 is 0 Å². The van der Waals surface area contributed by atoms with E-state index in [4.69, 9.17) is 0 Å². The van der Waals surface area contributed by atoms with Crippen LogP contribution in [0.3, 0.4) is 0 Å². The summed E-state index contributed by atoms with van der Waals surface area (Å²) in [5.41, 5.74) is 0.00596. The number of rotatable bonds is 4. The number of hydrogen-bond acceptors (Lipinski definition) is 3. The second kappa shape index (κ2) is 9.98. The lowest BCUT2D eigenvalue weighted by molar-refractivity contribution is -0.419. The van der Waals surface area contributed by atoms with Crippen molar-refractivity contribution in [1.29, 1.82) is 0 Å². The molecule has 0 aromatic rings. The molecule has 3 nitrogen and oxygen atoms in total. The van der Waals surface area contributed by atoms with Crippen LogP contribution in [-0.2, 0) is 0 Å². The Kier molecular flexibility index (Phi) is 11.2. The van der Waals surface area contributed by atoms with E-state index in [2.05, 4.69) is 35.1 Å². The monoisotopic (exact) mass is 293 g/mol. The summed E-state index contributed by atoms with van der Waals surface area (Å²) in [7, 11) is 0. The molecule has 0 spiro atoms. The Labute approximate surface area is 105 Å². The number of allylic oxidation sites excluding steroid dienone is 3. The first kappa shape index (κ1) is 16.9. The summed E-state index contributed by atoms with van der Waals surface area (Å²) in [6, 6.07) is 0. The lowest BCUT2D eigenvalue weighted by atomic mass is 10.3. The van der Waals surface area contributed by atoms with Crippen LogP contribution in [0.15, 0.2) is 33.8 Å². The van der Waals surface area contributed by atoms with E-state index < -0.39 is 4.92 Å². The molecule has 0 saturated carbocycles. The number of nitrogens with zero attached hydrogens (tertiary/aromatic N) is 1. The van der Waals surface area contributed by atoms with Gasteiger partial charge in [-0.15, -0.1) is 12.6 Å². The molecule has 0 aliphatic carbocycles. The summed E-state index contributed by atoms with van der Waals surface area (Å²) >= 11 is 7.07. The van der Waals surface area contributed by atoms with E-state index in [1.54, 1.807) is 0 Å². The molecule has 0 atom stereocenters. The molecule has 0 N–H and O–H groups in total. The van der Waals surface area contributed by atoms with Crippen LogP contribution in [0.1, 0.15) is 27.2 Å². The molecule has 0 fully saturated rings.